The standard InChI is InChI=1S/C18H19FN2O/c1-20-12-13-21(17-5-3-2-4-16(17)20)18(22)11-8-14-6-9-15(19)10-7-14/h2-7,9-10H,8,11-13H2,1H3. The van der Waals surface area contributed by atoms with Crippen LogP contribution in [0.25, 0.3) is 0 Å². The maximum Gasteiger partial charge on any atom is 0.227 e. The smallest absolute Gasteiger partial charge is 0.227 e. The number of carbonyl (C=O) groups is 1. The number of hydrogen-bond donors (Lipinski definition) is 0. The summed E-state index contributed by atoms with van der Waals surface area (Å²) in [6.07, 6.45) is 1.07. The van der Waals surface area contributed by atoms with Crippen molar-refractivity contribution >= 4 is 17.3 Å². The van der Waals surface area contributed by atoms with Gasteiger partial charge in [0, 0.05) is 26.6 Å². The number of para-hydroxylation sites is 2. The van der Waals surface area contributed by atoms with Crippen LogP contribution in [0.3, 0.4) is 0 Å². The fourth-order valence-corrected chi connectivity index (χ4v) is 2.80. The van der Waals surface area contributed by atoms with E-state index in [1.807, 2.05) is 36.2 Å². The SMILES string of the molecule is CN1CCN(C(=O)CCc2ccc(F)cc2)c2ccccc21. The van der Waals surface area contributed by atoms with Crippen LogP contribution in [0.15, 0.2) is 48.5 Å². The fraction of sp³-hybridized carbons (Fsp3) is 0.278. The Morgan fingerprint density at radius 3 is 2.45 bits per heavy atom. The van der Waals surface area contributed by atoms with E-state index < -0.39 is 0 Å². The van der Waals surface area contributed by atoms with Crippen molar-refractivity contribution in [1.82, 2.24) is 0 Å². The van der Waals surface area contributed by atoms with E-state index in [1.165, 1.54) is 12.1 Å². The second kappa shape index (κ2) is 6.18. The van der Waals surface area contributed by atoms with E-state index in [9.17, 15) is 9.18 Å². The number of amides is 1. The Bertz CT molecular complexity index is 669. The van der Waals surface area contributed by atoms with Crippen LogP contribution in [-0.2, 0) is 11.2 Å². The molecule has 0 N–H and O–H groups in total. The first-order chi connectivity index (χ1) is 10.6. The van der Waals surface area contributed by atoms with E-state index in [1.54, 1.807) is 12.1 Å². The molecular weight excluding hydrogens is 279 g/mol. The zero-order chi connectivity index (χ0) is 15.5. The van der Waals surface area contributed by atoms with E-state index in [4.69, 9.17) is 0 Å². The zero-order valence-electron chi connectivity index (χ0n) is 12.6. The molecular formula is C18H19FN2O. The second-order valence-corrected chi connectivity index (χ2v) is 5.58. The summed E-state index contributed by atoms with van der Waals surface area (Å²) in [5.74, 6) is -0.132. The molecule has 0 unspecified atom stereocenters. The molecule has 0 spiro atoms. The zero-order valence-corrected chi connectivity index (χ0v) is 12.6. The van der Waals surface area contributed by atoms with Crippen molar-refractivity contribution in [3.8, 4) is 0 Å². The van der Waals surface area contributed by atoms with Crippen LogP contribution in [0.2, 0.25) is 0 Å². The number of aryl methyl sites for hydroxylation is 1. The first kappa shape index (κ1) is 14.6. The van der Waals surface area contributed by atoms with Gasteiger partial charge in [-0.05, 0) is 36.2 Å². The fourth-order valence-electron chi connectivity index (χ4n) is 2.80. The summed E-state index contributed by atoms with van der Waals surface area (Å²) in [6.45, 7) is 1.54. The number of hydrogen-bond acceptors (Lipinski definition) is 2. The van der Waals surface area contributed by atoms with Crippen LogP contribution in [-0.4, -0.2) is 26.0 Å². The van der Waals surface area contributed by atoms with Gasteiger partial charge in [0.1, 0.15) is 5.82 Å². The van der Waals surface area contributed by atoms with Crippen LogP contribution >= 0.6 is 0 Å². The Kier molecular flexibility index (Phi) is 4.09. The highest BCUT2D eigenvalue weighted by molar-refractivity contribution is 5.97. The van der Waals surface area contributed by atoms with Crippen LogP contribution in [0.4, 0.5) is 15.8 Å². The second-order valence-electron chi connectivity index (χ2n) is 5.58. The lowest BCUT2D eigenvalue weighted by Crippen LogP contribution is -2.42. The molecule has 0 aliphatic carbocycles. The molecule has 0 aromatic heterocycles. The van der Waals surface area contributed by atoms with Crippen molar-refractivity contribution in [2.24, 2.45) is 0 Å². The molecule has 0 saturated carbocycles. The molecule has 2 aromatic carbocycles. The van der Waals surface area contributed by atoms with Gasteiger partial charge < -0.3 is 9.80 Å². The molecule has 3 rings (SSSR count). The minimum absolute atomic E-state index is 0.116. The van der Waals surface area contributed by atoms with Gasteiger partial charge in [-0.3, -0.25) is 4.79 Å². The van der Waals surface area contributed by atoms with Gasteiger partial charge in [-0.15, -0.1) is 0 Å². The molecule has 0 fully saturated rings. The molecule has 0 atom stereocenters. The molecule has 0 radical (unpaired) electrons. The average molecular weight is 298 g/mol. The molecule has 114 valence electrons. The lowest BCUT2D eigenvalue weighted by Gasteiger charge is -2.35. The van der Waals surface area contributed by atoms with Gasteiger partial charge in [0.2, 0.25) is 5.91 Å². The maximum atomic E-state index is 12.9. The van der Waals surface area contributed by atoms with Gasteiger partial charge in [-0.1, -0.05) is 24.3 Å². The Labute approximate surface area is 130 Å². The average Bonchev–Trinajstić information content (AvgIpc) is 2.55. The number of fused-ring (bicyclic) bond motifs is 1. The summed E-state index contributed by atoms with van der Waals surface area (Å²) in [7, 11) is 2.04. The lowest BCUT2D eigenvalue weighted by atomic mass is 10.1. The number of halogens is 1. The molecule has 2 aromatic rings. The highest BCUT2D eigenvalue weighted by Crippen LogP contribution is 2.32. The van der Waals surface area contributed by atoms with E-state index >= 15 is 0 Å². The van der Waals surface area contributed by atoms with E-state index in [-0.39, 0.29) is 11.7 Å². The van der Waals surface area contributed by atoms with Gasteiger partial charge in [-0.2, -0.15) is 0 Å². The van der Waals surface area contributed by atoms with Gasteiger partial charge >= 0.3 is 0 Å². The Morgan fingerprint density at radius 1 is 1.05 bits per heavy atom. The quantitative estimate of drug-likeness (QED) is 0.868. The maximum absolute atomic E-state index is 12.9. The van der Waals surface area contributed by atoms with Crippen molar-refractivity contribution in [3.63, 3.8) is 0 Å². The number of carbonyl (C=O) groups excluding carboxylic acids is 1. The number of rotatable bonds is 3. The molecule has 22 heavy (non-hydrogen) atoms. The van der Waals surface area contributed by atoms with Crippen molar-refractivity contribution in [1.29, 1.82) is 0 Å². The van der Waals surface area contributed by atoms with Crippen molar-refractivity contribution in [2.75, 3.05) is 29.9 Å². The Balaban J connectivity index is 1.70. The third kappa shape index (κ3) is 2.96. The van der Waals surface area contributed by atoms with Crippen molar-refractivity contribution in [3.05, 3.63) is 59.9 Å². The van der Waals surface area contributed by atoms with Crippen molar-refractivity contribution < 1.29 is 9.18 Å². The number of likely N-dealkylation sites (N-methyl/N-ethyl adjacent to an activating group) is 1. The van der Waals surface area contributed by atoms with Crippen LogP contribution in [0.5, 0.6) is 0 Å². The topological polar surface area (TPSA) is 23.6 Å². The normalized spacial score (nSPS) is 13.9. The monoisotopic (exact) mass is 298 g/mol. The molecule has 3 nitrogen and oxygen atoms in total. The first-order valence-electron chi connectivity index (χ1n) is 7.50. The summed E-state index contributed by atoms with van der Waals surface area (Å²) >= 11 is 0. The molecule has 1 aliphatic rings. The van der Waals surface area contributed by atoms with Crippen LogP contribution in [0.1, 0.15) is 12.0 Å². The van der Waals surface area contributed by atoms with Crippen LogP contribution in [0, 0.1) is 5.82 Å². The lowest BCUT2D eigenvalue weighted by molar-refractivity contribution is -0.118. The third-order valence-electron chi connectivity index (χ3n) is 4.08. The first-order valence-corrected chi connectivity index (χ1v) is 7.50. The van der Waals surface area contributed by atoms with Gasteiger partial charge in [0.15, 0.2) is 0 Å². The van der Waals surface area contributed by atoms with E-state index in [0.717, 1.165) is 23.5 Å². The number of anilines is 2. The highest BCUT2D eigenvalue weighted by atomic mass is 19.1. The summed E-state index contributed by atoms with van der Waals surface area (Å²) in [6, 6.07) is 14.3. The number of benzene rings is 2. The van der Waals surface area contributed by atoms with E-state index in [0.29, 0.717) is 19.4 Å². The third-order valence-corrected chi connectivity index (χ3v) is 4.08. The predicted molar refractivity (Wildman–Crippen MR) is 86.8 cm³/mol. The summed E-state index contributed by atoms with van der Waals surface area (Å²) in [5, 5.41) is 0. The Hall–Kier alpha value is -2.36. The van der Waals surface area contributed by atoms with E-state index in [2.05, 4.69) is 4.90 Å². The van der Waals surface area contributed by atoms with Gasteiger partial charge in [0.05, 0.1) is 11.4 Å². The molecule has 0 bridgehead atoms. The minimum atomic E-state index is -0.247. The minimum Gasteiger partial charge on any atom is -0.371 e. The summed E-state index contributed by atoms with van der Waals surface area (Å²) in [5.41, 5.74) is 3.04. The number of nitrogens with zero attached hydrogens (tertiary/aromatic N) is 2. The molecule has 4 heteroatoms. The van der Waals surface area contributed by atoms with Gasteiger partial charge in [-0.25, -0.2) is 4.39 Å². The molecule has 1 aliphatic heterocycles. The molecule has 1 amide bonds. The van der Waals surface area contributed by atoms with Gasteiger partial charge in [0.25, 0.3) is 0 Å². The summed E-state index contributed by atoms with van der Waals surface area (Å²) in [4.78, 5) is 16.6. The highest BCUT2D eigenvalue weighted by Gasteiger charge is 2.24. The van der Waals surface area contributed by atoms with Crippen LogP contribution < -0.4 is 9.80 Å². The summed E-state index contributed by atoms with van der Waals surface area (Å²) < 4.78 is 12.9. The largest absolute Gasteiger partial charge is 0.371 e. The predicted octanol–water partition coefficient (Wildman–Crippen LogP) is 3.24. The van der Waals surface area contributed by atoms with Crippen molar-refractivity contribution in [2.45, 2.75) is 12.8 Å². The molecule has 1 heterocycles. The molecule has 0 saturated heterocycles. The Morgan fingerprint density at radius 2 is 1.73 bits per heavy atom.